The quantitative estimate of drug-likeness (QED) is 0.856. The molecule has 120 valence electrons. The molecule has 0 saturated carbocycles. The molecule has 0 aromatic heterocycles. The van der Waals surface area contributed by atoms with Gasteiger partial charge in [-0.3, -0.25) is 4.79 Å². The topological polar surface area (TPSA) is 83.8 Å². The lowest BCUT2D eigenvalue weighted by Gasteiger charge is -2.16. The van der Waals surface area contributed by atoms with Gasteiger partial charge in [0.05, 0.1) is 18.6 Å². The zero-order chi connectivity index (χ0) is 17.0. The second-order valence-electron chi connectivity index (χ2n) is 5.29. The van der Waals surface area contributed by atoms with Crippen LogP contribution in [0.3, 0.4) is 0 Å². The summed E-state index contributed by atoms with van der Waals surface area (Å²) in [7, 11) is 1.56. The Labute approximate surface area is 134 Å². The first-order valence-corrected chi connectivity index (χ1v) is 7.12. The molecule has 5 nitrogen and oxygen atoms in total. The van der Waals surface area contributed by atoms with E-state index in [4.69, 9.17) is 4.74 Å². The maximum Gasteiger partial charge on any atom is 0.335 e. The van der Waals surface area contributed by atoms with Gasteiger partial charge >= 0.3 is 11.9 Å². The van der Waals surface area contributed by atoms with Crippen LogP contribution in [0.5, 0.6) is 5.75 Å². The van der Waals surface area contributed by atoms with Crippen LogP contribution < -0.4 is 4.74 Å². The van der Waals surface area contributed by atoms with Gasteiger partial charge in [0.1, 0.15) is 5.75 Å². The fourth-order valence-corrected chi connectivity index (χ4v) is 2.59. The minimum absolute atomic E-state index is 0.115. The SMILES string of the molecule is COc1ccc(C(Cc2ccccc2C(=O)O)C(=O)O)cc1C. The molecule has 0 aliphatic heterocycles. The first-order valence-electron chi connectivity index (χ1n) is 7.12. The van der Waals surface area contributed by atoms with Gasteiger partial charge in [-0.2, -0.15) is 0 Å². The highest BCUT2D eigenvalue weighted by molar-refractivity contribution is 5.89. The van der Waals surface area contributed by atoms with Gasteiger partial charge in [-0.15, -0.1) is 0 Å². The van der Waals surface area contributed by atoms with Crippen molar-refractivity contribution >= 4 is 11.9 Å². The van der Waals surface area contributed by atoms with Crippen LogP contribution in [0.1, 0.15) is 33.0 Å². The van der Waals surface area contributed by atoms with E-state index in [0.29, 0.717) is 16.9 Å². The Hall–Kier alpha value is -2.82. The molecule has 1 unspecified atom stereocenters. The van der Waals surface area contributed by atoms with Gasteiger partial charge in [0.15, 0.2) is 0 Å². The smallest absolute Gasteiger partial charge is 0.335 e. The molecule has 2 N–H and O–H groups in total. The molecule has 2 rings (SSSR count). The largest absolute Gasteiger partial charge is 0.496 e. The number of hydrogen-bond acceptors (Lipinski definition) is 3. The molecule has 2 aromatic rings. The van der Waals surface area contributed by atoms with E-state index in [9.17, 15) is 19.8 Å². The van der Waals surface area contributed by atoms with Crippen LogP contribution >= 0.6 is 0 Å². The normalized spacial score (nSPS) is 11.7. The van der Waals surface area contributed by atoms with Gasteiger partial charge in [-0.25, -0.2) is 4.79 Å². The second kappa shape index (κ2) is 6.96. The molecule has 5 heteroatoms. The summed E-state index contributed by atoms with van der Waals surface area (Å²) in [5, 5.41) is 18.8. The maximum atomic E-state index is 11.7. The molecule has 23 heavy (non-hydrogen) atoms. The number of carbonyl (C=O) groups is 2. The van der Waals surface area contributed by atoms with Gasteiger partial charge in [-0.05, 0) is 42.2 Å². The van der Waals surface area contributed by atoms with Crippen LogP contribution in [0.15, 0.2) is 42.5 Å². The summed E-state index contributed by atoms with van der Waals surface area (Å²) in [5.74, 6) is -2.19. The number of benzene rings is 2. The van der Waals surface area contributed by atoms with Crippen molar-refractivity contribution in [2.45, 2.75) is 19.3 Å². The zero-order valence-electron chi connectivity index (χ0n) is 12.9. The highest BCUT2D eigenvalue weighted by Gasteiger charge is 2.23. The summed E-state index contributed by atoms with van der Waals surface area (Å²) in [6, 6.07) is 11.7. The summed E-state index contributed by atoms with van der Waals surface area (Å²) in [4.78, 5) is 23.0. The molecule has 0 fully saturated rings. The second-order valence-corrected chi connectivity index (χ2v) is 5.29. The summed E-state index contributed by atoms with van der Waals surface area (Å²) in [6.07, 6.45) is 0.115. The van der Waals surface area contributed by atoms with Gasteiger partial charge < -0.3 is 14.9 Å². The molecule has 0 radical (unpaired) electrons. The molecule has 0 aliphatic rings. The lowest BCUT2D eigenvalue weighted by molar-refractivity contribution is -0.138. The lowest BCUT2D eigenvalue weighted by atomic mass is 9.89. The van der Waals surface area contributed by atoms with Crippen molar-refractivity contribution in [3.8, 4) is 5.75 Å². The van der Waals surface area contributed by atoms with Crippen molar-refractivity contribution in [1.29, 1.82) is 0 Å². The van der Waals surface area contributed by atoms with Crippen LogP contribution in [0.25, 0.3) is 0 Å². The molecular formula is C18H18O5. The average Bonchev–Trinajstić information content (AvgIpc) is 2.52. The Balaban J connectivity index is 2.39. The first-order chi connectivity index (χ1) is 10.9. The number of hydrogen-bond donors (Lipinski definition) is 2. The Bertz CT molecular complexity index is 736. The number of aromatic carboxylic acids is 1. The minimum atomic E-state index is -1.06. The van der Waals surface area contributed by atoms with Gasteiger partial charge in [0.25, 0.3) is 0 Å². The number of aryl methyl sites for hydroxylation is 1. The van der Waals surface area contributed by atoms with E-state index in [0.717, 1.165) is 5.56 Å². The van der Waals surface area contributed by atoms with E-state index in [1.807, 2.05) is 6.92 Å². The highest BCUT2D eigenvalue weighted by Crippen LogP contribution is 2.27. The fourth-order valence-electron chi connectivity index (χ4n) is 2.59. The van der Waals surface area contributed by atoms with Crippen LogP contribution in [0.4, 0.5) is 0 Å². The predicted molar refractivity (Wildman–Crippen MR) is 85.2 cm³/mol. The predicted octanol–water partition coefficient (Wildman–Crippen LogP) is 3.11. The first kappa shape index (κ1) is 16.5. The monoisotopic (exact) mass is 314 g/mol. The van der Waals surface area contributed by atoms with Crippen molar-refractivity contribution < 1.29 is 24.5 Å². The van der Waals surface area contributed by atoms with Crippen molar-refractivity contribution in [2.24, 2.45) is 0 Å². The molecule has 0 heterocycles. The third-order valence-electron chi connectivity index (χ3n) is 3.79. The molecule has 0 aliphatic carbocycles. The van der Waals surface area contributed by atoms with Crippen LogP contribution in [0, 0.1) is 6.92 Å². The molecule has 0 amide bonds. The number of carboxylic acids is 2. The number of ether oxygens (including phenoxy) is 1. The Kier molecular flexibility index (Phi) is 5.01. The minimum Gasteiger partial charge on any atom is -0.496 e. The molecule has 1 atom stereocenters. The van der Waals surface area contributed by atoms with Crippen molar-refractivity contribution in [1.82, 2.24) is 0 Å². The maximum absolute atomic E-state index is 11.7. The van der Waals surface area contributed by atoms with Crippen LogP contribution in [0.2, 0.25) is 0 Å². The summed E-state index contributed by atoms with van der Waals surface area (Å²) < 4.78 is 5.18. The standard InChI is InChI=1S/C18H18O5/c1-11-9-13(7-8-16(11)23-2)15(18(21)22)10-12-5-3-4-6-14(12)17(19)20/h3-9,15H,10H2,1-2H3,(H,19,20)(H,21,22). The summed E-state index contributed by atoms with van der Waals surface area (Å²) >= 11 is 0. The molecular weight excluding hydrogens is 296 g/mol. The third kappa shape index (κ3) is 3.69. The number of carboxylic acid groups (broad SMARTS) is 2. The van der Waals surface area contributed by atoms with Crippen molar-refractivity contribution in [3.63, 3.8) is 0 Å². The molecule has 0 spiro atoms. The van der Waals surface area contributed by atoms with E-state index in [2.05, 4.69) is 0 Å². The fraction of sp³-hybridized carbons (Fsp3) is 0.222. The van der Waals surface area contributed by atoms with E-state index < -0.39 is 17.9 Å². The molecule has 0 bridgehead atoms. The summed E-state index contributed by atoms with van der Waals surface area (Å²) in [6.45, 7) is 1.84. The van der Waals surface area contributed by atoms with E-state index in [-0.39, 0.29) is 12.0 Å². The van der Waals surface area contributed by atoms with Crippen molar-refractivity contribution in [3.05, 3.63) is 64.7 Å². The van der Waals surface area contributed by atoms with Crippen molar-refractivity contribution in [2.75, 3.05) is 7.11 Å². The number of methoxy groups -OCH3 is 1. The van der Waals surface area contributed by atoms with E-state index >= 15 is 0 Å². The molecule has 2 aromatic carbocycles. The van der Waals surface area contributed by atoms with E-state index in [1.165, 1.54) is 6.07 Å². The third-order valence-corrected chi connectivity index (χ3v) is 3.79. The van der Waals surface area contributed by atoms with Gasteiger partial charge in [-0.1, -0.05) is 30.3 Å². The Morgan fingerprint density at radius 2 is 1.83 bits per heavy atom. The van der Waals surface area contributed by atoms with Gasteiger partial charge in [0.2, 0.25) is 0 Å². The van der Waals surface area contributed by atoms with Crippen LogP contribution in [-0.2, 0) is 11.2 Å². The van der Waals surface area contributed by atoms with Gasteiger partial charge in [0, 0.05) is 0 Å². The Morgan fingerprint density at radius 1 is 1.13 bits per heavy atom. The van der Waals surface area contributed by atoms with Crippen LogP contribution in [-0.4, -0.2) is 29.3 Å². The Morgan fingerprint density at radius 3 is 2.39 bits per heavy atom. The highest BCUT2D eigenvalue weighted by atomic mass is 16.5. The molecule has 0 saturated heterocycles. The van der Waals surface area contributed by atoms with E-state index in [1.54, 1.807) is 43.5 Å². The lowest BCUT2D eigenvalue weighted by Crippen LogP contribution is -2.16. The average molecular weight is 314 g/mol. The summed E-state index contributed by atoms with van der Waals surface area (Å²) in [5.41, 5.74) is 2.09. The zero-order valence-corrected chi connectivity index (χ0v) is 12.9. The number of rotatable bonds is 6. The number of aliphatic carboxylic acids is 1.